The van der Waals surface area contributed by atoms with E-state index in [2.05, 4.69) is 4.74 Å². The topological polar surface area (TPSA) is 69.7 Å². The molecular weight excluding hydrogens is 312 g/mol. The Balaban J connectivity index is 2.29. The van der Waals surface area contributed by atoms with Gasteiger partial charge in [-0.05, 0) is 24.3 Å². The average Bonchev–Trinajstić information content (AvgIpc) is 2.94. The van der Waals surface area contributed by atoms with Gasteiger partial charge in [0.1, 0.15) is 15.5 Å². The lowest BCUT2D eigenvalue weighted by Crippen LogP contribution is -2.05. The Morgan fingerprint density at radius 3 is 2.52 bits per heavy atom. The molecule has 112 valence electrons. The van der Waals surface area contributed by atoms with Crippen molar-refractivity contribution in [2.75, 3.05) is 14.2 Å². The highest BCUT2D eigenvalue weighted by molar-refractivity contribution is 7.90. The molecular formula is C14H14O5S2. The second-order valence-corrected chi connectivity index (χ2v) is 7.29. The molecule has 1 heterocycles. The molecule has 0 unspecified atom stereocenters. The zero-order valence-electron chi connectivity index (χ0n) is 11.5. The maximum absolute atomic E-state index is 12.4. The summed E-state index contributed by atoms with van der Waals surface area (Å²) in [6.07, 6.45) is 0. The van der Waals surface area contributed by atoms with Gasteiger partial charge in [-0.3, -0.25) is 0 Å². The summed E-state index contributed by atoms with van der Waals surface area (Å²) in [4.78, 5) is 12.5. The molecule has 0 amide bonds. The van der Waals surface area contributed by atoms with E-state index in [1.807, 2.05) is 0 Å². The lowest BCUT2D eigenvalue weighted by Gasteiger charge is -2.08. The van der Waals surface area contributed by atoms with E-state index >= 15 is 0 Å². The fraction of sp³-hybridized carbons (Fsp3) is 0.214. The lowest BCUT2D eigenvalue weighted by molar-refractivity contribution is 0.0606. The summed E-state index contributed by atoms with van der Waals surface area (Å²) >= 11 is 1.11. The third kappa shape index (κ3) is 3.43. The van der Waals surface area contributed by atoms with Gasteiger partial charge in [-0.2, -0.15) is 0 Å². The fourth-order valence-electron chi connectivity index (χ4n) is 1.81. The Bertz CT molecular complexity index is 746. The zero-order valence-corrected chi connectivity index (χ0v) is 13.2. The average molecular weight is 326 g/mol. The van der Waals surface area contributed by atoms with E-state index in [1.54, 1.807) is 30.3 Å². The summed E-state index contributed by atoms with van der Waals surface area (Å²) in [7, 11) is -0.831. The Morgan fingerprint density at radius 2 is 1.86 bits per heavy atom. The first-order valence-electron chi connectivity index (χ1n) is 6.00. The lowest BCUT2D eigenvalue weighted by atomic mass is 10.3. The van der Waals surface area contributed by atoms with Crippen molar-refractivity contribution in [3.05, 3.63) is 46.2 Å². The van der Waals surface area contributed by atoms with Crippen LogP contribution in [0.3, 0.4) is 0 Å². The van der Waals surface area contributed by atoms with Gasteiger partial charge >= 0.3 is 5.97 Å². The monoisotopic (exact) mass is 326 g/mol. The number of hydrogen-bond acceptors (Lipinski definition) is 6. The number of para-hydroxylation sites is 1. The summed E-state index contributed by atoms with van der Waals surface area (Å²) in [5, 5.41) is 0. The van der Waals surface area contributed by atoms with E-state index in [0.717, 1.165) is 11.3 Å². The highest BCUT2D eigenvalue weighted by Crippen LogP contribution is 2.28. The number of hydrogen-bond donors (Lipinski definition) is 0. The van der Waals surface area contributed by atoms with Crippen LogP contribution in [0.5, 0.6) is 5.75 Å². The molecule has 1 aromatic heterocycles. The molecule has 5 nitrogen and oxygen atoms in total. The first-order valence-corrected chi connectivity index (χ1v) is 8.47. The van der Waals surface area contributed by atoms with Gasteiger partial charge in [0.2, 0.25) is 0 Å². The largest absolute Gasteiger partial charge is 0.495 e. The van der Waals surface area contributed by atoms with Gasteiger partial charge in [0.15, 0.2) is 9.84 Å². The molecule has 0 aliphatic heterocycles. The molecule has 2 aromatic rings. The molecule has 0 saturated carbocycles. The molecule has 2 rings (SSSR count). The molecule has 0 spiro atoms. The molecule has 1 aromatic carbocycles. The van der Waals surface area contributed by atoms with Crippen molar-refractivity contribution in [3.8, 4) is 5.75 Å². The second kappa shape index (κ2) is 6.28. The van der Waals surface area contributed by atoms with Crippen LogP contribution in [0.15, 0.2) is 41.3 Å². The van der Waals surface area contributed by atoms with E-state index in [0.29, 0.717) is 15.5 Å². The molecule has 7 heteroatoms. The van der Waals surface area contributed by atoms with Crippen molar-refractivity contribution in [2.45, 2.75) is 10.6 Å². The number of methoxy groups -OCH3 is 2. The SMILES string of the molecule is COC(=O)c1ccc(CS(=O)(=O)c2ccccc2OC)s1. The fourth-order valence-corrected chi connectivity index (χ4v) is 4.60. The summed E-state index contributed by atoms with van der Waals surface area (Å²) in [6.45, 7) is 0. The van der Waals surface area contributed by atoms with Gasteiger partial charge in [-0.25, -0.2) is 13.2 Å². The normalized spacial score (nSPS) is 11.1. The summed E-state index contributed by atoms with van der Waals surface area (Å²) in [5.41, 5.74) is 0. The number of sulfone groups is 1. The van der Waals surface area contributed by atoms with Crippen molar-refractivity contribution in [2.24, 2.45) is 0 Å². The van der Waals surface area contributed by atoms with Gasteiger partial charge in [0, 0.05) is 4.88 Å². The van der Waals surface area contributed by atoms with Gasteiger partial charge in [-0.15, -0.1) is 11.3 Å². The number of carbonyl (C=O) groups is 1. The Morgan fingerprint density at radius 1 is 1.14 bits per heavy atom. The highest BCUT2D eigenvalue weighted by Gasteiger charge is 2.21. The van der Waals surface area contributed by atoms with Gasteiger partial charge < -0.3 is 9.47 Å². The van der Waals surface area contributed by atoms with Crippen molar-refractivity contribution < 1.29 is 22.7 Å². The molecule has 0 bridgehead atoms. The number of thiophene rings is 1. The molecule has 0 fully saturated rings. The predicted molar refractivity (Wildman–Crippen MR) is 79.5 cm³/mol. The van der Waals surface area contributed by atoms with Crippen molar-refractivity contribution in [3.63, 3.8) is 0 Å². The number of benzene rings is 1. The van der Waals surface area contributed by atoms with Crippen LogP contribution in [0.4, 0.5) is 0 Å². The van der Waals surface area contributed by atoms with Crippen LogP contribution in [0.25, 0.3) is 0 Å². The molecule has 0 radical (unpaired) electrons. The standard InChI is InChI=1S/C14H14O5S2/c1-18-11-5-3-4-6-13(11)21(16,17)9-10-7-8-12(20-10)14(15)19-2/h3-8H,9H2,1-2H3. The maximum atomic E-state index is 12.4. The number of ether oxygens (including phenoxy) is 2. The van der Waals surface area contributed by atoms with E-state index in [9.17, 15) is 13.2 Å². The number of esters is 1. The first-order chi connectivity index (χ1) is 9.97. The van der Waals surface area contributed by atoms with Crippen LogP contribution < -0.4 is 4.74 Å². The van der Waals surface area contributed by atoms with Crippen molar-refractivity contribution in [1.82, 2.24) is 0 Å². The molecule has 21 heavy (non-hydrogen) atoms. The quantitative estimate of drug-likeness (QED) is 0.790. The maximum Gasteiger partial charge on any atom is 0.348 e. The van der Waals surface area contributed by atoms with Crippen LogP contribution in [0.1, 0.15) is 14.5 Å². The third-order valence-corrected chi connectivity index (χ3v) is 5.73. The van der Waals surface area contributed by atoms with E-state index in [-0.39, 0.29) is 10.6 Å². The summed E-state index contributed by atoms with van der Waals surface area (Å²) in [5.74, 6) is -0.349. The third-order valence-electron chi connectivity index (χ3n) is 2.78. The van der Waals surface area contributed by atoms with Crippen molar-refractivity contribution >= 4 is 27.1 Å². The zero-order chi connectivity index (χ0) is 15.5. The van der Waals surface area contributed by atoms with Crippen LogP contribution >= 0.6 is 11.3 Å². The molecule has 0 aliphatic rings. The predicted octanol–water partition coefficient (Wildman–Crippen LogP) is 2.52. The van der Waals surface area contributed by atoms with Crippen LogP contribution in [-0.2, 0) is 20.3 Å². The summed E-state index contributed by atoms with van der Waals surface area (Å²) < 4.78 is 34.6. The highest BCUT2D eigenvalue weighted by atomic mass is 32.2. The van der Waals surface area contributed by atoms with Crippen LogP contribution in [0, 0.1) is 0 Å². The van der Waals surface area contributed by atoms with Gasteiger partial charge in [0.25, 0.3) is 0 Å². The Hall–Kier alpha value is -1.86. The van der Waals surface area contributed by atoms with Gasteiger partial charge in [0.05, 0.1) is 20.0 Å². The van der Waals surface area contributed by atoms with Crippen molar-refractivity contribution in [1.29, 1.82) is 0 Å². The molecule has 0 aliphatic carbocycles. The van der Waals surface area contributed by atoms with E-state index in [1.165, 1.54) is 20.3 Å². The molecule has 0 N–H and O–H groups in total. The number of rotatable bonds is 5. The van der Waals surface area contributed by atoms with E-state index in [4.69, 9.17) is 4.74 Å². The molecule has 0 saturated heterocycles. The summed E-state index contributed by atoms with van der Waals surface area (Å²) in [6, 6.07) is 9.62. The minimum atomic E-state index is -3.54. The number of carbonyl (C=O) groups excluding carboxylic acids is 1. The van der Waals surface area contributed by atoms with Crippen LogP contribution in [-0.4, -0.2) is 28.6 Å². The first kappa shape index (κ1) is 15.5. The Kier molecular flexibility index (Phi) is 4.64. The minimum Gasteiger partial charge on any atom is -0.495 e. The van der Waals surface area contributed by atoms with Gasteiger partial charge in [-0.1, -0.05) is 12.1 Å². The minimum absolute atomic E-state index is 0.139. The second-order valence-electron chi connectivity index (χ2n) is 4.17. The smallest absolute Gasteiger partial charge is 0.348 e. The Labute approximate surface area is 127 Å². The van der Waals surface area contributed by atoms with Crippen LogP contribution in [0.2, 0.25) is 0 Å². The molecule has 0 atom stereocenters. The van der Waals surface area contributed by atoms with E-state index < -0.39 is 15.8 Å².